The molecule has 38 heavy (non-hydrogen) atoms. The maximum atomic E-state index is 13.4. The standard InChI is InChI=1S/C28H35N5O4S/c1-20-18-27(2,3)32(19-20)25-22(26(34)31-38(35,36)21-8-6-5-7-9-21)10-11-23(29-25)33-16-12-24(30-33)37-17-15-28(4)13-14-28/h5-12,16,20H,13-15,17-19H2,1-4H3,(H,31,34)/t20-/m0/s1. The summed E-state index contributed by atoms with van der Waals surface area (Å²) in [5.74, 6) is 1.12. The van der Waals surface area contributed by atoms with E-state index in [-0.39, 0.29) is 16.0 Å². The highest BCUT2D eigenvalue weighted by atomic mass is 32.2. The molecule has 2 aromatic heterocycles. The van der Waals surface area contributed by atoms with E-state index in [0.717, 1.165) is 12.8 Å². The van der Waals surface area contributed by atoms with E-state index in [1.54, 1.807) is 47.3 Å². The van der Waals surface area contributed by atoms with E-state index >= 15 is 0 Å². The summed E-state index contributed by atoms with van der Waals surface area (Å²) in [6.45, 7) is 9.94. The normalized spacial score (nSPS) is 19.8. The van der Waals surface area contributed by atoms with E-state index in [2.05, 4.69) is 42.4 Å². The van der Waals surface area contributed by atoms with Crippen LogP contribution >= 0.6 is 0 Å². The largest absolute Gasteiger partial charge is 0.477 e. The maximum absolute atomic E-state index is 13.4. The third-order valence-electron chi connectivity index (χ3n) is 7.57. The number of anilines is 1. The zero-order valence-electron chi connectivity index (χ0n) is 22.3. The molecule has 2 fully saturated rings. The Labute approximate surface area is 224 Å². The Morgan fingerprint density at radius 1 is 1.11 bits per heavy atom. The Bertz CT molecular complexity index is 1430. The van der Waals surface area contributed by atoms with Crippen LogP contribution in [0.4, 0.5) is 5.82 Å². The lowest BCUT2D eigenvalue weighted by Crippen LogP contribution is -2.41. The van der Waals surface area contributed by atoms with Crippen LogP contribution in [0.1, 0.15) is 63.7 Å². The molecule has 202 valence electrons. The molecule has 1 aliphatic heterocycles. The minimum atomic E-state index is -4.04. The molecule has 1 atom stereocenters. The summed E-state index contributed by atoms with van der Waals surface area (Å²) in [5.41, 5.74) is 0.329. The van der Waals surface area contributed by atoms with Gasteiger partial charge in [-0.05, 0) is 75.1 Å². The van der Waals surface area contributed by atoms with Gasteiger partial charge in [-0.2, -0.15) is 0 Å². The molecule has 1 amide bonds. The van der Waals surface area contributed by atoms with E-state index in [0.29, 0.717) is 42.0 Å². The molecule has 0 spiro atoms. The number of nitrogens with one attached hydrogen (secondary N) is 1. The highest BCUT2D eigenvalue weighted by Crippen LogP contribution is 2.48. The number of pyridine rings is 1. The average molecular weight is 538 g/mol. The zero-order valence-corrected chi connectivity index (χ0v) is 23.2. The number of aromatic nitrogens is 3. The lowest BCUT2D eigenvalue weighted by Gasteiger charge is -2.34. The second kappa shape index (κ2) is 9.72. The van der Waals surface area contributed by atoms with Crippen molar-refractivity contribution in [1.82, 2.24) is 19.5 Å². The van der Waals surface area contributed by atoms with Crippen LogP contribution in [0.15, 0.2) is 59.6 Å². The number of nitrogens with zero attached hydrogens (tertiary/aromatic N) is 4. The maximum Gasteiger partial charge on any atom is 0.268 e. The number of hydrogen-bond donors (Lipinski definition) is 1. The summed E-state index contributed by atoms with van der Waals surface area (Å²) in [6.07, 6.45) is 6.18. The summed E-state index contributed by atoms with van der Waals surface area (Å²) < 4.78 is 35.5. The first-order chi connectivity index (χ1) is 18.0. The molecule has 0 bridgehead atoms. The molecule has 1 aliphatic carbocycles. The van der Waals surface area contributed by atoms with Crippen LogP contribution in [0.25, 0.3) is 5.82 Å². The monoisotopic (exact) mass is 537 g/mol. The summed E-state index contributed by atoms with van der Waals surface area (Å²) in [6, 6.07) is 12.9. The number of rotatable bonds is 9. The second-order valence-electron chi connectivity index (χ2n) is 11.5. The molecule has 3 heterocycles. The first kappa shape index (κ1) is 26.2. The SMILES string of the molecule is C[C@@H]1CN(c2nc(-n3ccc(OCCC4(C)CC4)n3)ccc2C(=O)NS(=O)(=O)c2ccccc2)C(C)(C)C1. The first-order valence-electron chi connectivity index (χ1n) is 13.1. The molecular weight excluding hydrogens is 502 g/mol. The lowest BCUT2D eigenvalue weighted by atomic mass is 9.97. The topological polar surface area (TPSA) is 106 Å². The number of carbonyl (C=O) groups excluding carboxylic acids is 1. The van der Waals surface area contributed by atoms with Crippen molar-refractivity contribution >= 4 is 21.7 Å². The molecule has 10 heteroatoms. The van der Waals surface area contributed by atoms with E-state index in [1.165, 1.54) is 25.0 Å². The van der Waals surface area contributed by atoms with Gasteiger partial charge in [0.25, 0.3) is 15.9 Å². The van der Waals surface area contributed by atoms with Gasteiger partial charge in [0.15, 0.2) is 5.82 Å². The van der Waals surface area contributed by atoms with Gasteiger partial charge in [0, 0.05) is 24.3 Å². The van der Waals surface area contributed by atoms with Gasteiger partial charge in [-0.25, -0.2) is 22.8 Å². The minimum absolute atomic E-state index is 0.0225. The fraction of sp³-hybridized carbons (Fsp3) is 0.464. The van der Waals surface area contributed by atoms with Crippen molar-refractivity contribution in [2.45, 2.75) is 63.8 Å². The van der Waals surface area contributed by atoms with Gasteiger partial charge in [-0.1, -0.05) is 32.0 Å². The Balaban J connectivity index is 1.44. The molecule has 5 rings (SSSR count). The quantitative estimate of drug-likeness (QED) is 0.426. The summed E-state index contributed by atoms with van der Waals surface area (Å²) in [5, 5.41) is 4.53. The molecule has 1 aromatic carbocycles. The number of benzene rings is 1. The summed E-state index contributed by atoms with van der Waals surface area (Å²) in [7, 11) is -4.04. The van der Waals surface area contributed by atoms with Crippen molar-refractivity contribution < 1.29 is 17.9 Å². The van der Waals surface area contributed by atoms with E-state index in [4.69, 9.17) is 9.72 Å². The average Bonchev–Trinajstić information content (AvgIpc) is 3.29. The van der Waals surface area contributed by atoms with Crippen LogP contribution in [-0.4, -0.2) is 47.8 Å². The van der Waals surface area contributed by atoms with Crippen molar-refractivity contribution in [2.75, 3.05) is 18.1 Å². The number of ether oxygens (including phenoxy) is 1. The molecule has 0 radical (unpaired) electrons. The van der Waals surface area contributed by atoms with E-state index in [9.17, 15) is 13.2 Å². The van der Waals surface area contributed by atoms with Crippen molar-refractivity contribution in [3.8, 4) is 11.7 Å². The third kappa shape index (κ3) is 5.55. The molecular formula is C28H35N5O4S. The third-order valence-corrected chi connectivity index (χ3v) is 8.92. The smallest absolute Gasteiger partial charge is 0.268 e. The van der Waals surface area contributed by atoms with Gasteiger partial charge in [0.2, 0.25) is 5.88 Å². The van der Waals surface area contributed by atoms with Crippen LogP contribution in [0, 0.1) is 11.3 Å². The van der Waals surface area contributed by atoms with Gasteiger partial charge in [-0.3, -0.25) is 4.79 Å². The molecule has 2 aliphatic rings. The van der Waals surface area contributed by atoms with Crippen LogP contribution < -0.4 is 14.4 Å². The summed E-state index contributed by atoms with van der Waals surface area (Å²) in [4.78, 5) is 20.3. The van der Waals surface area contributed by atoms with Crippen LogP contribution in [0.3, 0.4) is 0 Å². The number of sulfonamides is 1. The van der Waals surface area contributed by atoms with Gasteiger partial charge < -0.3 is 9.64 Å². The Hall–Kier alpha value is -3.40. The second-order valence-corrected chi connectivity index (χ2v) is 13.2. The first-order valence-corrected chi connectivity index (χ1v) is 14.5. The van der Waals surface area contributed by atoms with Gasteiger partial charge in [0.05, 0.1) is 17.1 Å². The Morgan fingerprint density at radius 3 is 2.50 bits per heavy atom. The molecule has 0 unspecified atom stereocenters. The fourth-order valence-corrected chi connectivity index (χ4v) is 6.11. The number of amides is 1. The van der Waals surface area contributed by atoms with Crippen molar-refractivity contribution in [3.05, 3.63) is 60.3 Å². The lowest BCUT2D eigenvalue weighted by molar-refractivity contribution is 0.0981. The molecule has 9 nitrogen and oxygen atoms in total. The van der Waals surface area contributed by atoms with Gasteiger partial charge in [0.1, 0.15) is 5.82 Å². The van der Waals surface area contributed by atoms with Gasteiger partial charge in [-0.15, -0.1) is 5.10 Å². The van der Waals surface area contributed by atoms with Gasteiger partial charge >= 0.3 is 0 Å². The van der Waals surface area contributed by atoms with E-state index < -0.39 is 15.9 Å². The Kier molecular flexibility index (Phi) is 6.71. The number of carbonyl (C=O) groups is 1. The van der Waals surface area contributed by atoms with Crippen LogP contribution in [0.5, 0.6) is 5.88 Å². The van der Waals surface area contributed by atoms with E-state index in [1.807, 2.05) is 0 Å². The highest BCUT2D eigenvalue weighted by Gasteiger charge is 2.39. The molecule has 1 saturated heterocycles. The fourth-order valence-electron chi connectivity index (χ4n) is 5.12. The predicted molar refractivity (Wildman–Crippen MR) is 145 cm³/mol. The Morgan fingerprint density at radius 2 is 1.84 bits per heavy atom. The molecule has 1 N–H and O–H groups in total. The molecule has 3 aromatic rings. The van der Waals surface area contributed by atoms with Crippen LogP contribution in [-0.2, 0) is 10.0 Å². The zero-order chi connectivity index (χ0) is 27.1. The number of hydrogen-bond acceptors (Lipinski definition) is 7. The highest BCUT2D eigenvalue weighted by molar-refractivity contribution is 7.90. The predicted octanol–water partition coefficient (Wildman–Crippen LogP) is 4.58. The van der Waals surface area contributed by atoms with Crippen molar-refractivity contribution in [1.29, 1.82) is 0 Å². The minimum Gasteiger partial charge on any atom is -0.477 e. The molecule has 1 saturated carbocycles. The van der Waals surface area contributed by atoms with Crippen molar-refractivity contribution in [2.24, 2.45) is 11.3 Å². The summed E-state index contributed by atoms with van der Waals surface area (Å²) >= 11 is 0. The van der Waals surface area contributed by atoms with Crippen LogP contribution in [0.2, 0.25) is 0 Å². The van der Waals surface area contributed by atoms with Crippen molar-refractivity contribution in [3.63, 3.8) is 0 Å².